The monoisotopic (exact) mass is 468 g/mol. The molecule has 3 aromatic rings. The van der Waals surface area contributed by atoms with Gasteiger partial charge >= 0.3 is 0 Å². The Morgan fingerprint density at radius 3 is 2.76 bits per heavy atom. The summed E-state index contributed by atoms with van der Waals surface area (Å²) in [7, 11) is 0. The zero-order valence-corrected chi connectivity index (χ0v) is 18.2. The summed E-state index contributed by atoms with van der Waals surface area (Å²) < 4.78 is 1.46. The molecule has 1 atom stereocenters. The van der Waals surface area contributed by atoms with E-state index in [9.17, 15) is 9.59 Å². The van der Waals surface area contributed by atoms with Crippen molar-refractivity contribution in [3.8, 4) is 0 Å². The second kappa shape index (κ2) is 9.17. The molecule has 0 aliphatic carbocycles. The molecular weight excluding hydrogens is 455 g/mol. The molecule has 0 spiro atoms. The number of amides is 1. The summed E-state index contributed by atoms with van der Waals surface area (Å²) in [6, 6.07) is 6.37. The average Bonchev–Trinajstić information content (AvgIpc) is 2.66. The molecular formula is C19H15Cl3N4O2S. The Balaban J connectivity index is 1.91. The summed E-state index contributed by atoms with van der Waals surface area (Å²) in [5.74, 6) is -0.146. The lowest BCUT2D eigenvalue weighted by Crippen LogP contribution is -2.27. The lowest BCUT2D eigenvalue weighted by molar-refractivity contribution is -0.115. The summed E-state index contributed by atoms with van der Waals surface area (Å²) >= 11 is 19.0. The van der Waals surface area contributed by atoms with Gasteiger partial charge in [-0.3, -0.25) is 14.2 Å². The molecule has 2 aromatic heterocycles. The van der Waals surface area contributed by atoms with Gasteiger partial charge in [0, 0.05) is 17.8 Å². The van der Waals surface area contributed by atoms with Gasteiger partial charge in [0.25, 0.3) is 5.56 Å². The van der Waals surface area contributed by atoms with Crippen LogP contribution < -0.4 is 10.9 Å². The van der Waals surface area contributed by atoms with E-state index in [0.29, 0.717) is 26.1 Å². The molecule has 1 N–H and O–H groups in total. The van der Waals surface area contributed by atoms with E-state index in [2.05, 4.69) is 21.9 Å². The molecule has 10 heteroatoms. The number of allylic oxidation sites excluding steroid dienone is 1. The second-order valence-corrected chi connectivity index (χ2v) is 8.58. The molecule has 0 fully saturated rings. The fourth-order valence-electron chi connectivity index (χ4n) is 2.49. The molecule has 3 rings (SSSR count). The maximum atomic E-state index is 12.8. The third kappa shape index (κ3) is 4.93. The van der Waals surface area contributed by atoms with Crippen molar-refractivity contribution in [1.82, 2.24) is 14.5 Å². The van der Waals surface area contributed by atoms with Gasteiger partial charge in [-0.05, 0) is 31.2 Å². The predicted octanol–water partition coefficient (Wildman–Crippen LogP) is 5.06. The molecule has 2 heterocycles. The summed E-state index contributed by atoms with van der Waals surface area (Å²) in [5.41, 5.74) is 0.226. The molecule has 0 aliphatic rings. The van der Waals surface area contributed by atoms with Crippen LogP contribution in [0.1, 0.15) is 6.92 Å². The van der Waals surface area contributed by atoms with Crippen molar-refractivity contribution in [3.63, 3.8) is 0 Å². The van der Waals surface area contributed by atoms with E-state index in [-0.39, 0.29) is 28.9 Å². The highest BCUT2D eigenvalue weighted by Gasteiger charge is 2.20. The molecule has 0 aliphatic heterocycles. The smallest absolute Gasteiger partial charge is 0.262 e. The first-order valence-corrected chi connectivity index (χ1v) is 10.4. The van der Waals surface area contributed by atoms with Crippen molar-refractivity contribution in [2.75, 3.05) is 5.32 Å². The van der Waals surface area contributed by atoms with Crippen LogP contribution in [0, 0.1) is 0 Å². The van der Waals surface area contributed by atoms with E-state index in [0.717, 1.165) is 11.8 Å². The Morgan fingerprint density at radius 2 is 2.07 bits per heavy atom. The minimum atomic E-state index is -0.594. The summed E-state index contributed by atoms with van der Waals surface area (Å²) in [4.78, 5) is 34.0. The Hall–Kier alpha value is -2.06. The number of nitrogens with one attached hydrogen (secondary N) is 1. The number of thioether (sulfide) groups is 1. The number of anilines is 1. The first kappa shape index (κ1) is 21.6. The van der Waals surface area contributed by atoms with Gasteiger partial charge in [-0.1, -0.05) is 52.6 Å². The zero-order valence-electron chi connectivity index (χ0n) is 15.2. The summed E-state index contributed by atoms with van der Waals surface area (Å²) in [6.45, 7) is 5.63. The van der Waals surface area contributed by atoms with Crippen molar-refractivity contribution in [3.05, 3.63) is 68.5 Å². The van der Waals surface area contributed by atoms with Gasteiger partial charge in [0.1, 0.15) is 0 Å². The van der Waals surface area contributed by atoms with E-state index in [1.165, 1.54) is 16.8 Å². The number of nitrogens with zero attached hydrogens (tertiary/aromatic N) is 3. The molecule has 1 amide bonds. The standard InChI is InChI=1S/C19H15Cl3N4O2S/c1-3-6-26-18(28)13-5-4-11(20)8-15(13)24-19(26)29-10(2)17(27)25-16-14(22)7-12(21)9-23-16/h3-5,7-10H,1,6H2,2H3,(H,23,25,27). The third-order valence-electron chi connectivity index (χ3n) is 3.89. The molecule has 29 heavy (non-hydrogen) atoms. The third-order valence-corrected chi connectivity index (χ3v) is 5.71. The lowest BCUT2D eigenvalue weighted by Gasteiger charge is -2.15. The minimum Gasteiger partial charge on any atom is -0.308 e. The number of halogens is 3. The van der Waals surface area contributed by atoms with Crippen LogP contribution in [-0.2, 0) is 11.3 Å². The molecule has 0 radical (unpaired) electrons. The van der Waals surface area contributed by atoms with Crippen LogP contribution in [0.15, 0.2) is 53.1 Å². The fraction of sp³-hybridized carbons (Fsp3) is 0.158. The highest BCUT2D eigenvalue weighted by molar-refractivity contribution is 8.00. The molecule has 0 saturated carbocycles. The normalized spacial score (nSPS) is 12.0. The molecule has 150 valence electrons. The Bertz CT molecular complexity index is 1170. The number of carbonyl (C=O) groups excluding carboxylic acids is 1. The number of carbonyl (C=O) groups is 1. The van der Waals surface area contributed by atoms with Crippen LogP contribution in [-0.4, -0.2) is 25.7 Å². The van der Waals surface area contributed by atoms with Crippen LogP contribution in [0.3, 0.4) is 0 Å². The van der Waals surface area contributed by atoms with Gasteiger partial charge in [0.15, 0.2) is 11.0 Å². The quantitative estimate of drug-likeness (QED) is 0.310. The Morgan fingerprint density at radius 1 is 1.31 bits per heavy atom. The lowest BCUT2D eigenvalue weighted by atomic mass is 10.2. The zero-order chi connectivity index (χ0) is 21.1. The Labute approximate surface area is 185 Å². The highest BCUT2D eigenvalue weighted by Crippen LogP contribution is 2.27. The number of aromatic nitrogens is 3. The van der Waals surface area contributed by atoms with Gasteiger partial charge in [0.05, 0.1) is 26.2 Å². The highest BCUT2D eigenvalue weighted by atomic mass is 35.5. The van der Waals surface area contributed by atoms with Crippen molar-refractivity contribution in [2.24, 2.45) is 0 Å². The van der Waals surface area contributed by atoms with E-state index in [1.54, 1.807) is 31.2 Å². The van der Waals surface area contributed by atoms with Crippen LogP contribution in [0.5, 0.6) is 0 Å². The number of pyridine rings is 1. The molecule has 0 bridgehead atoms. The SMILES string of the molecule is C=CCn1c(SC(C)C(=O)Nc2ncc(Cl)cc2Cl)nc2cc(Cl)ccc2c1=O. The summed E-state index contributed by atoms with van der Waals surface area (Å²) in [6.07, 6.45) is 2.98. The number of benzene rings is 1. The van der Waals surface area contributed by atoms with Gasteiger partial charge in [-0.15, -0.1) is 6.58 Å². The van der Waals surface area contributed by atoms with E-state index < -0.39 is 5.25 Å². The molecule has 1 aromatic carbocycles. The van der Waals surface area contributed by atoms with Gasteiger partial charge in [-0.25, -0.2) is 9.97 Å². The summed E-state index contributed by atoms with van der Waals surface area (Å²) in [5, 5.41) is 3.93. The van der Waals surface area contributed by atoms with Gasteiger partial charge in [-0.2, -0.15) is 0 Å². The van der Waals surface area contributed by atoms with Crippen molar-refractivity contribution < 1.29 is 4.79 Å². The average molecular weight is 470 g/mol. The van der Waals surface area contributed by atoms with E-state index in [4.69, 9.17) is 34.8 Å². The maximum Gasteiger partial charge on any atom is 0.262 e. The van der Waals surface area contributed by atoms with Crippen LogP contribution in [0.25, 0.3) is 10.9 Å². The topological polar surface area (TPSA) is 76.9 Å². The number of hydrogen-bond donors (Lipinski definition) is 1. The van der Waals surface area contributed by atoms with Crippen LogP contribution in [0.4, 0.5) is 5.82 Å². The van der Waals surface area contributed by atoms with Gasteiger partial charge < -0.3 is 5.32 Å². The minimum absolute atomic E-state index is 0.204. The predicted molar refractivity (Wildman–Crippen MR) is 119 cm³/mol. The maximum absolute atomic E-state index is 12.8. The number of rotatable bonds is 6. The fourth-order valence-corrected chi connectivity index (χ4v) is 4.00. The molecule has 0 saturated heterocycles. The van der Waals surface area contributed by atoms with Crippen molar-refractivity contribution >= 4 is 69.2 Å². The van der Waals surface area contributed by atoms with Crippen molar-refractivity contribution in [1.29, 1.82) is 0 Å². The first-order chi connectivity index (χ1) is 13.8. The first-order valence-electron chi connectivity index (χ1n) is 8.39. The van der Waals surface area contributed by atoms with Crippen LogP contribution >= 0.6 is 46.6 Å². The number of fused-ring (bicyclic) bond motifs is 1. The second-order valence-electron chi connectivity index (χ2n) is 5.99. The number of hydrogen-bond acceptors (Lipinski definition) is 5. The molecule has 1 unspecified atom stereocenters. The Kier molecular flexibility index (Phi) is 6.85. The van der Waals surface area contributed by atoms with Crippen molar-refractivity contribution in [2.45, 2.75) is 23.9 Å². The van der Waals surface area contributed by atoms with Gasteiger partial charge in [0.2, 0.25) is 5.91 Å². The molecule has 6 nitrogen and oxygen atoms in total. The largest absolute Gasteiger partial charge is 0.308 e. The van der Waals surface area contributed by atoms with E-state index in [1.807, 2.05) is 0 Å². The van der Waals surface area contributed by atoms with E-state index >= 15 is 0 Å². The van der Waals surface area contributed by atoms with Crippen LogP contribution in [0.2, 0.25) is 15.1 Å².